The largest absolute Gasteiger partial charge is 0.321 e. The predicted molar refractivity (Wildman–Crippen MR) is 94.6 cm³/mol. The molecule has 0 saturated carbocycles. The van der Waals surface area contributed by atoms with Gasteiger partial charge in [0.05, 0.1) is 0 Å². The maximum atomic E-state index is 7.10. The van der Waals surface area contributed by atoms with Crippen molar-refractivity contribution < 1.29 is 0 Å². The maximum absolute atomic E-state index is 7.10. The SMILES string of the molecule is CNCCCCc1ccc(-c2cccc(/C(N=N)=N/N)c2)cc1. The molecule has 5 nitrogen and oxygen atoms in total. The molecular weight excluding hydrogens is 286 g/mol. The van der Waals surface area contributed by atoms with Crippen LogP contribution in [0.4, 0.5) is 0 Å². The Balaban J connectivity index is 2.10. The quantitative estimate of drug-likeness (QED) is 0.182. The van der Waals surface area contributed by atoms with Crippen LogP contribution in [0.1, 0.15) is 24.0 Å². The summed E-state index contributed by atoms with van der Waals surface area (Å²) in [6.45, 7) is 1.07. The Morgan fingerprint density at radius 3 is 2.52 bits per heavy atom. The number of rotatable bonds is 7. The molecule has 0 bridgehead atoms. The summed E-state index contributed by atoms with van der Waals surface area (Å²) < 4.78 is 0. The fourth-order valence-corrected chi connectivity index (χ4v) is 2.50. The van der Waals surface area contributed by atoms with Crippen LogP contribution in [0.3, 0.4) is 0 Å². The number of benzene rings is 2. The van der Waals surface area contributed by atoms with Crippen molar-refractivity contribution in [3.05, 3.63) is 59.7 Å². The first-order chi connectivity index (χ1) is 11.3. The second-order valence-corrected chi connectivity index (χ2v) is 5.40. The summed E-state index contributed by atoms with van der Waals surface area (Å²) >= 11 is 0. The highest BCUT2D eigenvalue weighted by molar-refractivity contribution is 5.99. The fraction of sp³-hybridized carbons (Fsp3) is 0.278. The summed E-state index contributed by atoms with van der Waals surface area (Å²) in [6, 6.07) is 16.4. The molecule has 2 aromatic rings. The van der Waals surface area contributed by atoms with Crippen molar-refractivity contribution in [3.8, 4) is 11.1 Å². The minimum absolute atomic E-state index is 0.230. The highest BCUT2D eigenvalue weighted by Gasteiger charge is 2.04. The minimum Gasteiger partial charge on any atom is -0.321 e. The normalized spacial score (nSPS) is 11.4. The van der Waals surface area contributed by atoms with E-state index in [2.05, 4.69) is 39.8 Å². The van der Waals surface area contributed by atoms with Gasteiger partial charge in [0.25, 0.3) is 0 Å². The van der Waals surface area contributed by atoms with Gasteiger partial charge in [-0.25, -0.2) is 5.53 Å². The number of nitrogens with zero attached hydrogens (tertiary/aromatic N) is 2. The topological polar surface area (TPSA) is 86.6 Å². The van der Waals surface area contributed by atoms with E-state index in [0.717, 1.165) is 29.7 Å². The van der Waals surface area contributed by atoms with Crippen molar-refractivity contribution in [3.63, 3.8) is 0 Å². The molecule has 0 radical (unpaired) electrons. The van der Waals surface area contributed by atoms with Crippen LogP contribution in [0.2, 0.25) is 0 Å². The van der Waals surface area contributed by atoms with E-state index in [1.165, 1.54) is 18.4 Å². The van der Waals surface area contributed by atoms with E-state index in [9.17, 15) is 0 Å². The molecule has 0 fully saturated rings. The van der Waals surface area contributed by atoms with Gasteiger partial charge in [0.1, 0.15) is 0 Å². The molecule has 23 heavy (non-hydrogen) atoms. The molecule has 0 spiro atoms. The smallest absolute Gasteiger partial charge is 0.199 e. The zero-order valence-corrected chi connectivity index (χ0v) is 13.4. The van der Waals surface area contributed by atoms with E-state index in [-0.39, 0.29) is 5.84 Å². The summed E-state index contributed by atoms with van der Waals surface area (Å²) in [5, 5.41) is 10.0. The number of nitrogens with two attached hydrogens (primary N) is 1. The van der Waals surface area contributed by atoms with Crippen LogP contribution >= 0.6 is 0 Å². The van der Waals surface area contributed by atoms with E-state index in [1.807, 2.05) is 31.3 Å². The van der Waals surface area contributed by atoms with E-state index in [0.29, 0.717) is 0 Å². The number of hydrazone groups is 1. The molecule has 2 aromatic carbocycles. The molecule has 0 heterocycles. The van der Waals surface area contributed by atoms with E-state index >= 15 is 0 Å². The molecule has 4 N–H and O–H groups in total. The summed E-state index contributed by atoms with van der Waals surface area (Å²) in [5.74, 6) is 5.49. The average Bonchev–Trinajstić information content (AvgIpc) is 2.61. The average molecular weight is 309 g/mol. The van der Waals surface area contributed by atoms with Crippen molar-refractivity contribution in [1.82, 2.24) is 5.32 Å². The molecule has 120 valence electrons. The lowest BCUT2D eigenvalue weighted by Crippen LogP contribution is -2.07. The second kappa shape index (κ2) is 8.80. The first-order valence-electron chi connectivity index (χ1n) is 7.78. The van der Waals surface area contributed by atoms with Gasteiger partial charge in [-0.2, -0.15) is 5.10 Å². The number of unbranched alkanes of at least 4 members (excludes halogenated alkanes) is 1. The van der Waals surface area contributed by atoms with Crippen molar-refractivity contribution in [2.24, 2.45) is 16.1 Å². The summed E-state index contributed by atoms with van der Waals surface area (Å²) in [4.78, 5) is 0. The second-order valence-electron chi connectivity index (χ2n) is 5.40. The molecule has 5 heteroatoms. The monoisotopic (exact) mass is 309 g/mol. The van der Waals surface area contributed by atoms with E-state index < -0.39 is 0 Å². The van der Waals surface area contributed by atoms with Gasteiger partial charge in [0, 0.05) is 5.56 Å². The van der Waals surface area contributed by atoms with Gasteiger partial charge in [-0.05, 0) is 55.6 Å². The molecule has 0 aliphatic carbocycles. The van der Waals surface area contributed by atoms with E-state index in [1.54, 1.807) is 0 Å². The van der Waals surface area contributed by atoms with Gasteiger partial charge >= 0.3 is 0 Å². The Kier molecular flexibility index (Phi) is 6.44. The Hall–Kier alpha value is -2.53. The Labute approximate surface area is 137 Å². The number of nitrogens with one attached hydrogen (secondary N) is 2. The number of aryl methyl sites for hydroxylation is 1. The van der Waals surface area contributed by atoms with Gasteiger partial charge in [-0.15, -0.1) is 5.11 Å². The van der Waals surface area contributed by atoms with Crippen molar-refractivity contribution in [2.75, 3.05) is 13.6 Å². The molecule has 0 atom stereocenters. The first kappa shape index (κ1) is 16.8. The highest BCUT2D eigenvalue weighted by atomic mass is 15.2. The van der Waals surface area contributed by atoms with Gasteiger partial charge in [0.15, 0.2) is 5.84 Å². The third-order valence-electron chi connectivity index (χ3n) is 3.78. The lowest BCUT2D eigenvalue weighted by atomic mass is 10.00. The molecule has 0 saturated heterocycles. The zero-order valence-electron chi connectivity index (χ0n) is 13.4. The third kappa shape index (κ3) is 4.72. The van der Waals surface area contributed by atoms with Gasteiger partial charge < -0.3 is 11.2 Å². The summed E-state index contributed by atoms with van der Waals surface area (Å²) in [7, 11) is 1.98. The van der Waals surface area contributed by atoms with Gasteiger partial charge in [-0.3, -0.25) is 0 Å². The number of hydrogen-bond acceptors (Lipinski definition) is 4. The van der Waals surface area contributed by atoms with E-state index in [4.69, 9.17) is 11.4 Å². The Bertz CT molecular complexity index is 661. The zero-order chi connectivity index (χ0) is 16.5. The lowest BCUT2D eigenvalue weighted by Gasteiger charge is -2.06. The van der Waals surface area contributed by atoms with Crippen LogP contribution in [0.25, 0.3) is 11.1 Å². The summed E-state index contributed by atoms with van der Waals surface area (Å²) in [5.41, 5.74) is 11.4. The fourth-order valence-electron chi connectivity index (χ4n) is 2.50. The summed E-state index contributed by atoms with van der Waals surface area (Å²) in [6.07, 6.45) is 3.48. The van der Waals surface area contributed by atoms with Crippen LogP contribution in [0.15, 0.2) is 58.7 Å². The molecule has 0 amide bonds. The molecule has 0 unspecified atom stereocenters. The number of hydrogen-bond donors (Lipinski definition) is 3. The van der Waals surface area contributed by atoms with Gasteiger partial charge in [0.2, 0.25) is 0 Å². The van der Waals surface area contributed by atoms with Crippen LogP contribution in [0, 0.1) is 5.53 Å². The standard InChI is InChI=1S/C18H23N5/c1-21-12-3-2-5-14-8-10-15(11-9-14)16-6-4-7-17(13-16)18(22-19)23-20/h4,6-11,13,19,21H,2-3,5,12,20H2,1H3/b22-19?,23-18-. The maximum Gasteiger partial charge on any atom is 0.199 e. The van der Waals surface area contributed by atoms with Crippen LogP contribution in [-0.2, 0) is 6.42 Å². The molecule has 2 rings (SSSR count). The molecule has 0 aromatic heterocycles. The van der Waals surface area contributed by atoms with Crippen LogP contribution in [-0.4, -0.2) is 19.4 Å². The third-order valence-corrected chi connectivity index (χ3v) is 3.78. The van der Waals surface area contributed by atoms with Crippen molar-refractivity contribution >= 4 is 5.84 Å². The minimum atomic E-state index is 0.230. The van der Waals surface area contributed by atoms with Crippen LogP contribution < -0.4 is 11.2 Å². The van der Waals surface area contributed by atoms with Crippen molar-refractivity contribution in [2.45, 2.75) is 19.3 Å². The molecule has 0 aliphatic heterocycles. The first-order valence-corrected chi connectivity index (χ1v) is 7.78. The lowest BCUT2D eigenvalue weighted by molar-refractivity contribution is 0.677. The Morgan fingerprint density at radius 2 is 1.87 bits per heavy atom. The van der Waals surface area contributed by atoms with Gasteiger partial charge in [-0.1, -0.05) is 42.5 Å². The predicted octanol–water partition coefficient (Wildman–Crippen LogP) is 3.55. The number of amidine groups is 1. The highest BCUT2D eigenvalue weighted by Crippen LogP contribution is 2.22. The van der Waals surface area contributed by atoms with Crippen LogP contribution in [0.5, 0.6) is 0 Å². The molecule has 0 aliphatic rings. The Morgan fingerprint density at radius 1 is 1.09 bits per heavy atom. The molecular formula is C18H23N5. The van der Waals surface area contributed by atoms with Crippen molar-refractivity contribution in [1.29, 1.82) is 5.53 Å².